The van der Waals surface area contributed by atoms with Crippen LogP contribution in [0.3, 0.4) is 0 Å². The summed E-state index contributed by atoms with van der Waals surface area (Å²) < 4.78 is 23.3. The molecule has 9 heteroatoms. The van der Waals surface area contributed by atoms with E-state index in [4.69, 9.17) is 18.8 Å². The first-order valence-electron chi connectivity index (χ1n) is 8.95. The van der Waals surface area contributed by atoms with Crippen molar-refractivity contribution in [2.75, 3.05) is 20.2 Å². The number of rotatable bonds is 5. The van der Waals surface area contributed by atoms with Gasteiger partial charge in [-0.25, -0.2) is 4.79 Å². The highest BCUT2D eigenvalue weighted by atomic mass is 16.7. The molecule has 0 aromatic rings. The predicted molar refractivity (Wildman–Crippen MR) is 99.0 cm³/mol. The van der Waals surface area contributed by atoms with E-state index in [1.807, 2.05) is 66.7 Å². The molecule has 0 bridgehead atoms. The Hall–Kier alpha value is -1.29. The van der Waals surface area contributed by atoms with Crippen LogP contribution in [0.4, 0.5) is 4.79 Å². The summed E-state index contributed by atoms with van der Waals surface area (Å²) in [5.41, 5.74) is 2.62. The monoisotopic (exact) mass is 369 g/mol. The van der Waals surface area contributed by atoms with Gasteiger partial charge >= 0.3 is 13.2 Å². The van der Waals surface area contributed by atoms with E-state index in [0.717, 1.165) is 5.47 Å². The van der Waals surface area contributed by atoms with Crippen LogP contribution in [0.5, 0.6) is 0 Å². The van der Waals surface area contributed by atoms with Crippen molar-refractivity contribution in [3.05, 3.63) is 11.7 Å². The lowest BCUT2D eigenvalue weighted by atomic mass is 9.78. The fourth-order valence-corrected chi connectivity index (χ4v) is 2.55. The van der Waals surface area contributed by atoms with Crippen molar-refractivity contribution in [3.8, 4) is 0 Å². The van der Waals surface area contributed by atoms with E-state index in [1.54, 1.807) is 0 Å². The molecule has 2 heterocycles. The van der Waals surface area contributed by atoms with Gasteiger partial charge in [0, 0.05) is 25.3 Å². The second-order valence-corrected chi connectivity index (χ2v) is 8.62. The van der Waals surface area contributed by atoms with E-state index in [0.29, 0.717) is 13.2 Å². The molecular weight excluding hydrogens is 337 g/mol. The fourth-order valence-electron chi connectivity index (χ4n) is 2.55. The smallest absolute Gasteiger partial charge is 0.444 e. The Morgan fingerprint density at radius 3 is 2.42 bits per heavy atom. The number of hydrogen-bond acceptors (Lipinski definition) is 7. The molecule has 148 valence electrons. The van der Waals surface area contributed by atoms with E-state index >= 15 is 0 Å². The molecule has 2 aliphatic heterocycles. The Labute approximate surface area is 156 Å². The SMILES string of the molecule is CN1NC=C(B2OC(C)(C)C(C)(C)O2)C1OCCNC(=O)OC(C)(C)C. The molecule has 1 fully saturated rings. The summed E-state index contributed by atoms with van der Waals surface area (Å²) in [5.74, 6) is 0. The lowest BCUT2D eigenvalue weighted by Crippen LogP contribution is -2.42. The molecule has 1 saturated heterocycles. The number of carbonyl (C=O) groups excluding carboxylic acids is 1. The third-order valence-corrected chi connectivity index (χ3v) is 4.64. The van der Waals surface area contributed by atoms with Crippen LogP contribution in [0.1, 0.15) is 48.5 Å². The van der Waals surface area contributed by atoms with Gasteiger partial charge in [0.05, 0.1) is 17.8 Å². The van der Waals surface area contributed by atoms with E-state index < -0.39 is 30.0 Å². The Balaban J connectivity index is 1.85. The summed E-state index contributed by atoms with van der Waals surface area (Å²) in [6.45, 7) is 14.2. The molecule has 0 aromatic heterocycles. The molecule has 1 atom stereocenters. The first kappa shape index (κ1) is 21.0. The molecule has 1 amide bonds. The molecule has 26 heavy (non-hydrogen) atoms. The van der Waals surface area contributed by atoms with Crippen LogP contribution in [0.15, 0.2) is 11.7 Å². The van der Waals surface area contributed by atoms with Crippen LogP contribution in [0.2, 0.25) is 0 Å². The predicted octanol–water partition coefficient (Wildman–Crippen LogP) is 1.82. The molecule has 8 nitrogen and oxygen atoms in total. The highest BCUT2D eigenvalue weighted by Gasteiger charge is 2.54. The van der Waals surface area contributed by atoms with E-state index in [9.17, 15) is 4.79 Å². The number of nitrogens with one attached hydrogen (secondary N) is 2. The number of ether oxygens (including phenoxy) is 2. The van der Waals surface area contributed by atoms with Crippen molar-refractivity contribution in [2.24, 2.45) is 0 Å². The average molecular weight is 369 g/mol. The standard InChI is InChI=1S/C17H32BN3O5/c1-15(2,3)24-14(22)19-9-10-23-13-12(11-20-21(13)8)18-25-16(4,5)17(6,7)26-18/h11,13,20H,9-10H2,1-8H3,(H,19,22). The minimum atomic E-state index is -0.521. The number of amides is 1. The normalized spacial score (nSPS) is 25.0. The van der Waals surface area contributed by atoms with Crippen LogP contribution < -0.4 is 10.7 Å². The van der Waals surface area contributed by atoms with Gasteiger partial charge in [0.15, 0.2) is 0 Å². The number of carbonyl (C=O) groups is 1. The summed E-state index contributed by atoms with van der Waals surface area (Å²) in [5, 5.41) is 4.51. The molecule has 0 aromatic carbocycles. The van der Waals surface area contributed by atoms with Gasteiger partial charge < -0.3 is 29.5 Å². The zero-order valence-electron chi connectivity index (χ0n) is 17.1. The lowest BCUT2D eigenvalue weighted by molar-refractivity contribution is -0.0240. The van der Waals surface area contributed by atoms with Crippen molar-refractivity contribution in [1.29, 1.82) is 0 Å². The number of alkyl carbamates (subject to hydrolysis) is 1. The van der Waals surface area contributed by atoms with Crippen LogP contribution in [-0.2, 0) is 18.8 Å². The summed E-state index contributed by atoms with van der Waals surface area (Å²) >= 11 is 0. The zero-order chi connectivity index (χ0) is 19.8. The van der Waals surface area contributed by atoms with Crippen LogP contribution in [0.25, 0.3) is 0 Å². The highest BCUT2D eigenvalue weighted by molar-refractivity contribution is 6.55. The first-order valence-corrected chi connectivity index (χ1v) is 8.95. The quantitative estimate of drug-likeness (QED) is 0.565. The van der Waals surface area contributed by atoms with Gasteiger partial charge in [-0.2, -0.15) is 5.01 Å². The van der Waals surface area contributed by atoms with Gasteiger partial charge in [-0.1, -0.05) is 0 Å². The van der Waals surface area contributed by atoms with E-state index in [-0.39, 0.29) is 6.23 Å². The molecule has 0 saturated carbocycles. The third-order valence-electron chi connectivity index (χ3n) is 4.64. The summed E-state index contributed by atoms with van der Waals surface area (Å²) in [7, 11) is 1.39. The maximum atomic E-state index is 11.7. The Morgan fingerprint density at radius 2 is 1.88 bits per heavy atom. The maximum absolute atomic E-state index is 11.7. The van der Waals surface area contributed by atoms with Crippen molar-refractivity contribution >= 4 is 13.2 Å². The average Bonchev–Trinajstić information content (AvgIpc) is 2.91. The number of nitrogens with zero attached hydrogens (tertiary/aromatic N) is 1. The Bertz CT molecular complexity index is 543. The van der Waals surface area contributed by atoms with E-state index in [2.05, 4.69) is 10.7 Å². The molecule has 2 aliphatic rings. The van der Waals surface area contributed by atoms with Gasteiger partial charge in [0.1, 0.15) is 11.8 Å². The fraction of sp³-hybridized carbons (Fsp3) is 0.824. The number of likely N-dealkylation sites (N-methyl/N-ethyl adjacent to an activating group) is 1. The molecule has 1 unspecified atom stereocenters. The van der Waals surface area contributed by atoms with Crippen LogP contribution >= 0.6 is 0 Å². The van der Waals surface area contributed by atoms with Crippen LogP contribution in [-0.4, -0.2) is 61.5 Å². The number of hydrogen-bond donors (Lipinski definition) is 2. The number of hydrazine groups is 1. The zero-order valence-corrected chi connectivity index (χ0v) is 17.1. The molecule has 2 N–H and O–H groups in total. The minimum Gasteiger partial charge on any atom is -0.444 e. The molecular formula is C17H32BN3O5. The van der Waals surface area contributed by atoms with Gasteiger partial charge in [-0.15, -0.1) is 0 Å². The maximum Gasteiger partial charge on any atom is 0.496 e. The van der Waals surface area contributed by atoms with Crippen LogP contribution in [0, 0.1) is 0 Å². The molecule has 0 radical (unpaired) electrons. The third kappa shape index (κ3) is 4.91. The van der Waals surface area contributed by atoms with Crippen molar-refractivity contribution in [1.82, 2.24) is 15.8 Å². The second kappa shape index (κ2) is 7.38. The van der Waals surface area contributed by atoms with Gasteiger partial charge in [-0.05, 0) is 48.5 Å². The molecule has 2 rings (SSSR count). The first-order chi connectivity index (χ1) is 11.8. The van der Waals surface area contributed by atoms with Crippen molar-refractivity contribution in [2.45, 2.75) is 71.5 Å². The molecule has 0 spiro atoms. The summed E-state index contributed by atoms with van der Waals surface area (Å²) in [4.78, 5) is 11.7. The van der Waals surface area contributed by atoms with Gasteiger partial charge in [0.25, 0.3) is 0 Å². The topological polar surface area (TPSA) is 81.3 Å². The van der Waals surface area contributed by atoms with Gasteiger partial charge in [0.2, 0.25) is 0 Å². The lowest BCUT2D eigenvalue weighted by Gasteiger charge is -2.32. The summed E-state index contributed by atoms with van der Waals surface area (Å²) in [6, 6.07) is 0. The largest absolute Gasteiger partial charge is 0.496 e. The van der Waals surface area contributed by atoms with Crippen molar-refractivity contribution < 1.29 is 23.6 Å². The van der Waals surface area contributed by atoms with Crippen molar-refractivity contribution in [3.63, 3.8) is 0 Å². The van der Waals surface area contributed by atoms with E-state index in [1.165, 1.54) is 0 Å². The minimum absolute atomic E-state index is 0.326. The second-order valence-electron chi connectivity index (χ2n) is 8.62. The highest BCUT2D eigenvalue weighted by Crippen LogP contribution is 2.39. The molecule has 0 aliphatic carbocycles. The Morgan fingerprint density at radius 1 is 1.31 bits per heavy atom. The summed E-state index contributed by atoms with van der Waals surface area (Å²) in [6.07, 6.45) is 1.04. The Kier molecular flexibility index (Phi) is 5.97. The van der Waals surface area contributed by atoms with Gasteiger partial charge in [-0.3, -0.25) is 0 Å².